The van der Waals surface area contributed by atoms with Crippen molar-refractivity contribution >= 4 is 23.6 Å². The predicted octanol–water partition coefficient (Wildman–Crippen LogP) is 6.48. The van der Waals surface area contributed by atoms with Crippen LogP contribution < -0.4 is 10.1 Å². The maximum atomic E-state index is 13.2. The number of pyridine rings is 1. The number of nitriles is 1. The molecule has 0 radical (unpaired) electrons. The molecular formula is C35H48ClN5O4. The third-order valence-corrected chi connectivity index (χ3v) is 9.26. The van der Waals surface area contributed by atoms with Crippen molar-refractivity contribution in [2.45, 2.75) is 91.9 Å². The van der Waals surface area contributed by atoms with Crippen LogP contribution in [0, 0.1) is 22.2 Å². The fraction of sp³-hybridized carbons (Fsp3) is 0.600. The predicted molar refractivity (Wildman–Crippen MR) is 175 cm³/mol. The number of nitrogens with one attached hydrogen (secondary N) is 1. The van der Waals surface area contributed by atoms with Crippen LogP contribution >= 0.6 is 11.6 Å². The summed E-state index contributed by atoms with van der Waals surface area (Å²) in [4.78, 5) is 34.3. The first-order valence-electron chi connectivity index (χ1n) is 15.9. The Balaban J connectivity index is 1.18. The van der Waals surface area contributed by atoms with Crippen molar-refractivity contribution in [3.05, 3.63) is 58.4 Å². The highest BCUT2D eigenvalue weighted by atomic mass is 35.5. The van der Waals surface area contributed by atoms with Crippen LogP contribution in [0.1, 0.15) is 89.3 Å². The molecule has 2 amide bonds. The molecule has 244 valence electrons. The van der Waals surface area contributed by atoms with Crippen LogP contribution in [0.5, 0.6) is 5.75 Å². The molecule has 0 spiro atoms. The molecule has 1 aromatic carbocycles. The fourth-order valence-corrected chi connectivity index (χ4v) is 7.03. The Labute approximate surface area is 273 Å². The lowest BCUT2D eigenvalue weighted by Gasteiger charge is -2.63. The largest absolute Gasteiger partial charge is 0.489 e. The van der Waals surface area contributed by atoms with E-state index in [1.165, 1.54) is 0 Å². The van der Waals surface area contributed by atoms with Gasteiger partial charge in [-0.2, -0.15) is 5.26 Å². The maximum Gasteiger partial charge on any atom is 0.410 e. The number of ether oxygens (including phenoxy) is 2. The molecule has 1 aromatic heterocycles. The third-order valence-electron chi connectivity index (χ3n) is 8.95. The number of rotatable bonds is 10. The topological polar surface area (TPSA) is 108 Å². The minimum atomic E-state index is -0.466. The van der Waals surface area contributed by atoms with Crippen molar-refractivity contribution < 1.29 is 19.1 Å². The molecule has 2 aromatic rings. The number of carbonyl (C=O) groups excluding carboxylic acids is 2. The van der Waals surface area contributed by atoms with E-state index in [0.717, 1.165) is 51.0 Å². The van der Waals surface area contributed by atoms with E-state index in [-0.39, 0.29) is 35.0 Å². The Bertz CT molecular complexity index is 1370. The summed E-state index contributed by atoms with van der Waals surface area (Å²) < 4.78 is 11.8. The van der Waals surface area contributed by atoms with Crippen LogP contribution in [0.4, 0.5) is 4.79 Å². The van der Waals surface area contributed by atoms with Gasteiger partial charge in [0.2, 0.25) is 0 Å². The number of hydrogen-bond donors (Lipinski definition) is 1. The van der Waals surface area contributed by atoms with Gasteiger partial charge < -0.3 is 19.7 Å². The van der Waals surface area contributed by atoms with Gasteiger partial charge in [0.15, 0.2) is 0 Å². The SMILES string of the molecule is CC(C)(C)OC(=O)N1CCN(CCCCCc2ccc(C(=O)N[C@H]3C(C)(C)[C@H](Oc4ccc(C#N)c(Cl)c4)C3(C)C)cn2)CC1. The lowest BCUT2D eigenvalue weighted by Crippen LogP contribution is -2.74. The molecule has 1 saturated carbocycles. The quantitative estimate of drug-likeness (QED) is 0.297. The average Bonchev–Trinajstić information content (AvgIpc) is 2.98. The second-order valence-electron chi connectivity index (χ2n) is 14.5. The molecule has 1 N–H and O–H groups in total. The van der Waals surface area contributed by atoms with Gasteiger partial charge in [-0.15, -0.1) is 0 Å². The molecule has 2 fully saturated rings. The standard InChI is InChI=1S/C35H48ClN5O4/c1-33(2,3)45-32(43)41-19-17-40(18-20-41)16-10-8-9-11-26-14-12-25(23-38-26)29(42)39-30-34(4,5)31(35(30,6)7)44-27-15-13-24(22-37)28(36)21-27/h12-15,21,23,30-31H,8-11,16-20H2,1-7H3,(H,39,42)/t30-,31-. The second kappa shape index (κ2) is 14.0. The summed E-state index contributed by atoms with van der Waals surface area (Å²) >= 11 is 6.21. The van der Waals surface area contributed by atoms with Crippen LogP contribution in [0.25, 0.3) is 0 Å². The monoisotopic (exact) mass is 637 g/mol. The van der Waals surface area contributed by atoms with E-state index in [1.54, 1.807) is 29.3 Å². The van der Waals surface area contributed by atoms with E-state index in [2.05, 4.69) is 49.0 Å². The molecule has 0 bridgehead atoms. The first-order valence-corrected chi connectivity index (χ1v) is 16.3. The van der Waals surface area contributed by atoms with Gasteiger partial charge >= 0.3 is 6.09 Å². The van der Waals surface area contributed by atoms with Gasteiger partial charge in [0, 0.05) is 61.0 Å². The zero-order chi connectivity index (χ0) is 33.0. The van der Waals surface area contributed by atoms with Crippen LogP contribution in [-0.4, -0.2) is 77.3 Å². The summed E-state index contributed by atoms with van der Waals surface area (Å²) in [6, 6.07) is 10.8. The first-order chi connectivity index (χ1) is 21.1. The zero-order valence-corrected chi connectivity index (χ0v) is 28.5. The summed E-state index contributed by atoms with van der Waals surface area (Å²) in [7, 11) is 0. The number of hydrogen-bond acceptors (Lipinski definition) is 7. The van der Waals surface area contributed by atoms with Crippen molar-refractivity contribution in [1.82, 2.24) is 20.1 Å². The Morgan fingerprint density at radius 2 is 1.73 bits per heavy atom. The molecule has 4 rings (SSSR count). The van der Waals surface area contributed by atoms with E-state index in [4.69, 9.17) is 26.3 Å². The Kier molecular flexibility index (Phi) is 10.7. The number of benzene rings is 1. The van der Waals surface area contributed by atoms with Crippen molar-refractivity contribution in [2.75, 3.05) is 32.7 Å². The Morgan fingerprint density at radius 1 is 1.04 bits per heavy atom. The molecule has 9 nitrogen and oxygen atoms in total. The van der Waals surface area contributed by atoms with Crippen LogP contribution in [0.3, 0.4) is 0 Å². The fourth-order valence-electron chi connectivity index (χ4n) is 6.82. The number of aromatic nitrogens is 1. The van der Waals surface area contributed by atoms with Gasteiger partial charge in [-0.25, -0.2) is 4.79 Å². The highest BCUT2D eigenvalue weighted by Gasteiger charge is 2.64. The highest BCUT2D eigenvalue weighted by Crippen LogP contribution is 2.55. The normalized spacial score (nSPS) is 20.9. The molecule has 1 aliphatic heterocycles. The van der Waals surface area contributed by atoms with Gasteiger partial charge in [-0.1, -0.05) is 45.7 Å². The number of piperazine rings is 1. The number of carbonyl (C=O) groups is 2. The molecule has 10 heteroatoms. The minimum Gasteiger partial charge on any atom is -0.489 e. The number of amides is 2. The lowest BCUT2D eigenvalue weighted by molar-refractivity contribution is -0.164. The van der Waals surface area contributed by atoms with Gasteiger partial charge in [-0.05, 0) is 70.8 Å². The van der Waals surface area contributed by atoms with Gasteiger partial charge in [0.1, 0.15) is 23.5 Å². The summed E-state index contributed by atoms with van der Waals surface area (Å²) in [5.74, 6) is 0.458. The van der Waals surface area contributed by atoms with E-state index < -0.39 is 5.60 Å². The summed E-state index contributed by atoms with van der Waals surface area (Å²) in [5.41, 5.74) is 0.795. The molecule has 1 aliphatic carbocycles. The number of unbranched alkanes of at least 4 members (excludes halogenated alkanes) is 2. The van der Waals surface area contributed by atoms with E-state index in [9.17, 15) is 9.59 Å². The molecule has 0 unspecified atom stereocenters. The molecule has 45 heavy (non-hydrogen) atoms. The summed E-state index contributed by atoms with van der Waals surface area (Å²) in [6.07, 6.45) is 5.38. The molecule has 2 heterocycles. The Hall–Kier alpha value is -3.35. The average molecular weight is 638 g/mol. The van der Waals surface area contributed by atoms with Crippen molar-refractivity contribution in [2.24, 2.45) is 10.8 Å². The molecular weight excluding hydrogens is 590 g/mol. The number of halogens is 1. The molecule has 2 aliphatic rings. The summed E-state index contributed by atoms with van der Waals surface area (Å²) in [5, 5.41) is 12.7. The lowest BCUT2D eigenvalue weighted by atomic mass is 9.49. The third kappa shape index (κ3) is 8.47. The molecule has 0 atom stereocenters. The highest BCUT2D eigenvalue weighted by molar-refractivity contribution is 6.31. The number of aryl methyl sites for hydroxylation is 1. The van der Waals surface area contributed by atoms with Crippen molar-refractivity contribution in [3.8, 4) is 11.8 Å². The first kappa shape index (κ1) is 34.5. The van der Waals surface area contributed by atoms with E-state index >= 15 is 0 Å². The minimum absolute atomic E-state index is 0.115. The molecule has 1 saturated heterocycles. The van der Waals surface area contributed by atoms with Crippen LogP contribution in [0.2, 0.25) is 5.02 Å². The maximum absolute atomic E-state index is 13.2. The van der Waals surface area contributed by atoms with Crippen molar-refractivity contribution in [3.63, 3.8) is 0 Å². The zero-order valence-electron chi connectivity index (χ0n) is 27.8. The Morgan fingerprint density at radius 3 is 2.31 bits per heavy atom. The van der Waals surface area contributed by atoms with Crippen molar-refractivity contribution in [1.29, 1.82) is 5.26 Å². The number of nitrogens with zero attached hydrogens (tertiary/aromatic N) is 4. The van der Waals surface area contributed by atoms with Gasteiger partial charge in [0.05, 0.1) is 16.1 Å². The van der Waals surface area contributed by atoms with E-state index in [1.807, 2.05) is 32.9 Å². The smallest absolute Gasteiger partial charge is 0.410 e. The van der Waals surface area contributed by atoms with E-state index in [0.29, 0.717) is 35.0 Å². The van der Waals surface area contributed by atoms with Gasteiger partial charge in [0.25, 0.3) is 5.91 Å². The summed E-state index contributed by atoms with van der Waals surface area (Å²) in [6.45, 7) is 18.2. The van der Waals surface area contributed by atoms with Gasteiger partial charge in [-0.3, -0.25) is 14.7 Å². The second-order valence-corrected chi connectivity index (χ2v) is 14.9. The van der Waals surface area contributed by atoms with Crippen LogP contribution in [0.15, 0.2) is 36.5 Å². The van der Waals surface area contributed by atoms with Crippen LogP contribution in [-0.2, 0) is 11.2 Å².